The van der Waals surface area contributed by atoms with Gasteiger partial charge >= 0.3 is 6.18 Å². The van der Waals surface area contributed by atoms with Gasteiger partial charge in [0.2, 0.25) is 5.91 Å². The van der Waals surface area contributed by atoms with E-state index in [9.17, 15) is 18.0 Å². The van der Waals surface area contributed by atoms with E-state index in [1.165, 1.54) is 26.4 Å². The Labute approximate surface area is 149 Å². The second-order valence-corrected chi connectivity index (χ2v) is 5.66. The zero-order chi connectivity index (χ0) is 19.2. The molecule has 2 aromatic rings. The van der Waals surface area contributed by atoms with Crippen LogP contribution < -0.4 is 14.8 Å². The number of hydrogen-bond donors (Lipinski definition) is 1. The summed E-state index contributed by atoms with van der Waals surface area (Å²) in [5.74, 6) is 0.950. The molecule has 0 saturated carbocycles. The predicted molar refractivity (Wildman–Crippen MR) is 91.4 cm³/mol. The average Bonchev–Trinajstić information content (AvgIpc) is 2.61. The smallest absolute Gasteiger partial charge is 0.416 e. The minimum atomic E-state index is -4.34. The summed E-state index contributed by atoms with van der Waals surface area (Å²) in [6.45, 7) is 0.345. The molecule has 0 fully saturated rings. The third kappa shape index (κ3) is 5.40. The van der Waals surface area contributed by atoms with Gasteiger partial charge in [0.05, 0.1) is 26.2 Å². The van der Waals surface area contributed by atoms with Gasteiger partial charge < -0.3 is 14.8 Å². The van der Waals surface area contributed by atoms with E-state index in [1.54, 1.807) is 18.2 Å². The Kier molecular flexibility index (Phi) is 6.49. The molecule has 26 heavy (non-hydrogen) atoms. The van der Waals surface area contributed by atoms with E-state index in [4.69, 9.17) is 9.47 Å². The highest BCUT2D eigenvalue weighted by Crippen LogP contribution is 2.29. The Morgan fingerprint density at radius 2 is 1.58 bits per heavy atom. The number of benzene rings is 2. The summed E-state index contributed by atoms with van der Waals surface area (Å²) in [7, 11) is 3.05. The van der Waals surface area contributed by atoms with Crippen LogP contribution in [0.3, 0.4) is 0 Å². The molecule has 2 aromatic carbocycles. The summed E-state index contributed by atoms with van der Waals surface area (Å²) in [4.78, 5) is 12.0. The SMILES string of the molecule is COc1ccc(CC(=O)NCCc2ccc(C(F)(F)F)cc2)cc1OC. The first-order valence-corrected chi connectivity index (χ1v) is 7.97. The van der Waals surface area contributed by atoms with Crippen molar-refractivity contribution in [3.8, 4) is 11.5 Å². The van der Waals surface area contributed by atoms with Crippen molar-refractivity contribution in [3.63, 3.8) is 0 Å². The summed E-state index contributed by atoms with van der Waals surface area (Å²) in [6.07, 6.45) is -3.71. The number of hydrogen-bond acceptors (Lipinski definition) is 3. The van der Waals surface area contributed by atoms with Gasteiger partial charge in [-0.3, -0.25) is 4.79 Å². The number of nitrogens with one attached hydrogen (secondary N) is 1. The number of rotatable bonds is 7. The van der Waals surface area contributed by atoms with Crippen molar-refractivity contribution in [1.29, 1.82) is 0 Å². The molecule has 0 aromatic heterocycles. The number of alkyl halides is 3. The molecule has 0 spiro atoms. The van der Waals surface area contributed by atoms with Crippen LogP contribution in [0.1, 0.15) is 16.7 Å². The molecule has 0 bridgehead atoms. The lowest BCUT2D eigenvalue weighted by Crippen LogP contribution is -2.27. The molecule has 0 aliphatic rings. The monoisotopic (exact) mass is 367 g/mol. The average molecular weight is 367 g/mol. The van der Waals surface area contributed by atoms with Crippen LogP contribution in [0.25, 0.3) is 0 Å². The van der Waals surface area contributed by atoms with Crippen molar-refractivity contribution in [2.24, 2.45) is 0 Å². The topological polar surface area (TPSA) is 47.6 Å². The molecule has 4 nitrogen and oxygen atoms in total. The van der Waals surface area contributed by atoms with Crippen LogP contribution in [0.5, 0.6) is 11.5 Å². The number of carbonyl (C=O) groups is 1. The molecule has 140 valence electrons. The molecule has 7 heteroatoms. The number of methoxy groups -OCH3 is 2. The maximum atomic E-state index is 12.5. The van der Waals surface area contributed by atoms with Crippen LogP contribution >= 0.6 is 0 Å². The minimum absolute atomic E-state index is 0.174. The van der Waals surface area contributed by atoms with E-state index in [1.807, 2.05) is 0 Å². The highest BCUT2D eigenvalue weighted by molar-refractivity contribution is 5.78. The summed E-state index contributed by atoms with van der Waals surface area (Å²) >= 11 is 0. The van der Waals surface area contributed by atoms with E-state index in [-0.39, 0.29) is 12.3 Å². The Morgan fingerprint density at radius 1 is 0.962 bits per heavy atom. The summed E-state index contributed by atoms with van der Waals surface area (Å²) < 4.78 is 47.9. The molecule has 1 amide bonds. The molecule has 2 rings (SSSR count). The summed E-state index contributed by atoms with van der Waals surface area (Å²) in [6, 6.07) is 10.2. The maximum absolute atomic E-state index is 12.5. The lowest BCUT2D eigenvalue weighted by molar-refractivity contribution is -0.137. The molecular formula is C19H20F3NO3. The standard InChI is InChI=1S/C19H20F3NO3/c1-25-16-8-5-14(11-17(16)26-2)12-18(24)23-10-9-13-3-6-15(7-4-13)19(20,21)22/h3-8,11H,9-10,12H2,1-2H3,(H,23,24). The Morgan fingerprint density at radius 3 is 2.15 bits per heavy atom. The third-order valence-corrected chi connectivity index (χ3v) is 3.83. The summed E-state index contributed by atoms with van der Waals surface area (Å²) in [5.41, 5.74) is 0.817. The Hall–Kier alpha value is -2.70. The molecule has 0 aliphatic carbocycles. The first kappa shape index (κ1) is 19.6. The number of ether oxygens (including phenoxy) is 2. The highest BCUT2D eigenvalue weighted by atomic mass is 19.4. The maximum Gasteiger partial charge on any atom is 0.416 e. The van der Waals surface area contributed by atoms with Gasteiger partial charge in [-0.25, -0.2) is 0 Å². The van der Waals surface area contributed by atoms with Gasteiger partial charge in [0.1, 0.15) is 0 Å². The fourth-order valence-corrected chi connectivity index (χ4v) is 2.45. The van der Waals surface area contributed by atoms with Crippen molar-refractivity contribution in [2.45, 2.75) is 19.0 Å². The fourth-order valence-electron chi connectivity index (χ4n) is 2.45. The number of halogens is 3. The van der Waals surface area contributed by atoms with Gasteiger partial charge in [-0.2, -0.15) is 13.2 Å². The Balaban J connectivity index is 1.84. The molecule has 0 aliphatic heterocycles. The van der Waals surface area contributed by atoms with E-state index in [2.05, 4.69) is 5.32 Å². The van der Waals surface area contributed by atoms with Gasteiger partial charge in [0.15, 0.2) is 11.5 Å². The number of amides is 1. The second-order valence-electron chi connectivity index (χ2n) is 5.66. The molecular weight excluding hydrogens is 347 g/mol. The lowest BCUT2D eigenvalue weighted by atomic mass is 10.1. The van der Waals surface area contributed by atoms with Crippen LogP contribution in [0.15, 0.2) is 42.5 Å². The molecule has 0 atom stereocenters. The van der Waals surface area contributed by atoms with Gasteiger partial charge in [-0.05, 0) is 41.8 Å². The van der Waals surface area contributed by atoms with Crippen molar-refractivity contribution < 1.29 is 27.4 Å². The normalized spacial score (nSPS) is 11.1. The molecule has 0 heterocycles. The number of carbonyl (C=O) groups excluding carboxylic acids is 1. The molecule has 1 N–H and O–H groups in total. The molecule has 0 unspecified atom stereocenters. The zero-order valence-corrected chi connectivity index (χ0v) is 14.5. The van der Waals surface area contributed by atoms with Crippen LogP contribution in [0.2, 0.25) is 0 Å². The quantitative estimate of drug-likeness (QED) is 0.813. The van der Waals surface area contributed by atoms with Gasteiger partial charge in [-0.1, -0.05) is 18.2 Å². The van der Waals surface area contributed by atoms with Gasteiger partial charge in [0.25, 0.3) is 0 Å². The van der Waals surface area contributed by atoms with E-state index < -0.39 is 11.7 Å². The van der Waals surface area contributed by atoms with Crippen molar-refractivity contribution in [3.05, 3.63) is 59.2 Å². The highest BCUT2D eigenvalue weighted by Gasteiger charge is 2.29. The largest absolute Gasteiger partial charge is 0.493 e. The lowest BCUT2D eigenvalue weighted by Gasteiger charge is -2.10. The Bertz CT molecular complexity index is 743. The van der Waals surface area contributed by atoms with Crippen molar-refractivity contribution in [2.75, 3.05) is 20.8 Å². The van der Waals surface area contributed by atoms with Crippen molar-refractivity contribution >= 4 is 5.91 Å². The van der Waals surface area contributed by atoms with Crippen LogP contribution in [-0.4, -0.2) is 26.7 Å². The van der Waals surface area contributed by atoms with Crippen molar-refractivity contribution in [1.82, 2.24) is 5.32 Å². The first-order chi connectivity index (χ1) is 12.3. The second kappa shape index (κ2) is 8.60. The zero-order valence-electron chi connectivity index (χ0n) is 14.5. The molecule has 0 saturated heterocycles. The molecule has 0 radical (unpaired) electrons. The van der Waals surface area contributed by atoms with Crippen LogP contribution in [0.4, 0.5) is 13.2 Å². The fraction of sp³-hybridized carbons (Fsp3) is 0.316. The first-order valence-electron chi connectivity index (χ1n) is 7.97. The summed E-state index contributed by atoms with van der Waals surface area (Å²) in [5, 5.41) is 2.76. The van der Waals surface area contributed by atoms with Gasteiger partial charge in [-0.15, -0.1) is 0 Å². The third-order valence-electron chi connectivity index (χ3n) is 3.83. The van der Waals surface area contributed by atoms with E-state index in [0.29, 0.717) is 24.5 Å². The van der Waals surface area contributed by atoms with Crippen LogP contribution in [0, 0.1) is 0 Å². The minimum Gasteiger partial charge on any atom is -0.493 e. The van der Waals surface area contributed by atoms with Gasteiger partial charge in [0, 0.05) is 6.54 Å². The van der Waals surface area contributed by atoms with E-state index in [0.717, 1.165) is 23.3 Å². The van der Waals surface area contributed by atoms with E-state index >= 15 is 0 Å². The predicted octanol–water partition coefficient (Wildman–Crippen LogP) is 3.62. The van der Waals surface area contributed by atoms with Crippen LogP contribution in [-0.2, 0) is 23.8 Å².